The van der Waals surface area contributed by atoms with Crippen LogP contribution in [0.3, 0.4) is 0 Å². The normalized spacial score (nSPS) is 13.1. The molecule has 3 atom stereocenters. The number of nitrogens with zero attached hydrogens (tertiary/aromatic N) is 1. The van der Waals surface area contributed by atoms with Crippen molar-refractivity contribution < 1.29 is 18.6 Å². The molecule has 4 nitrogen and oxygen atoms in total. The van der Waals surface area contributed by atoms with Crippen molar-refractivity contribution in [3.05, 3.63) is 143 Å². The summed E-state index contributed by atoms with van der Waals surface area (Å²) in [5.74, 6) is -1.27. The van der Waals surface area contributed by atoms with Gasteiger partial charge in [-0.15, -0.1) is 24.8 Å². The van der Waals surface area contributed by atoms with Crippen molar-refractivity contribution in [2.45, 2.75) is 44.3 Å². The fourth-order valence-corrected chi connectivity index (χ4v) is 4.74. The molecule has 0 fully saturated rings. The molecule has 4 aromatic rings. The monoisotopic (exact) mass is 588 g/mol. The predicted octanol–water partition coefficient (Wildman–Crippen LogP) is 6.33. The third-order valence-corrected chi connectivity index (χ3v) is 6.59. The molecule has 0 aliphatic carbocycles. The molecule has 0 aliphatic rings. The van der Waals surface area contributed by atoms with Gasteiger partial charge in [-0.3, -0.25) is 4.90 Å². The van der Waals surface area contributed by atoms with E-state index in [2.05, 4.69) is 4.90 Å². The maximum Gasteiger partial charge on any atom is 0.126 e. The van der Waals surface area contributed by atoms with Gasteiger partial charge in [0.1, 0.15) is 11.6 Å². The Morgan fingerprint density at radius 3 is 1.57 bits per heavy atom. The molecule has 0 unspecified atom stereocenters. The van der Waals surface area contributed by atoms with E-state index in [-0.39, 0.29) is 44.4 Å². The molecule has 4 aromatic carbocycles. The maximum atomic E-state index is 14.2. The summed E-state index contributed by atoms with van der Waals surface area (Å²) in [5.41, 5.74) is 10.1. The topological polar surface area (TPSA) is 58.7 Å². The Bertz CT molecular complexity index is 1190. The molecule has 0 aromatic heterocycles. The van der Waals surface area contributed by atoms with Crippen molar-refractivity contribution >= 4 is 24.8 Å². The molecular weight excluding hydrogens is 553 g/mol. The fraction of sp³-hybridized carbons (Fsp3) is 0.250. The van der Waals surface area contributed by atoms with Gasteiger partial charge in [0.25, 0.3) is 0 Å². The van der Waals surface area contributed by atoms with Crippen LogP contribution < -0.4 is 5.73 Å². The maximum absolute atomic E-state index is 14.2. The average molecular weight is 590 g/mol. The van der Waals surface area contributed by atoms with E-state index >= 15 is 0 Å². The summed E-state index contributed by atoms with van der Waals surface area (Å²) >= 11 is 0. The minimum Gasteiger partial charge on any atom is -0.395 e. The number of nitrogens with two attached hydrogens (primary N) is 1. The van der Waals surface area contributed by atoms with Gasteiger partial charge in [-0.25, -0.2) is 8.78 Å². The molecule has 8 heteroatoms. The van der Waals surface area contributed by atoms with Crippen molar-refractivity contribution in [3.8, 4) is 0 Å². The van der Waals surface area contributed by atoms with Gasteiger partial charge in [0.2, 0.25) is 0 Å². The summed E-state index contributed by atoms with van der Waals surface area (Å²) < 4.78 is 34.9. The standard InChI is InChI=1S/C32H34F2N2O2.2ClH/c33-28-16-27(17-29(34)19-28)18-31(32(30(35)22-37)38-23-26-14-8-3-9-15-26)36(20-24-10-4-1-5-11-24)21-25-12-6-2-7-13-25;;/h1-17,19,30-32,37H,18,20-23,35H2;2*1H/t30-,31+,32+;;/m1../s1. The molecule has 0 amide bonds. The molecule has 0 radical (unpaired) electrons. The number of rotatable bonds is 13. The van der Waals surface area contributed by atoms with E-state index in [1.165, 1.54) is 12.1 Å². The Balaban J connectivity index is 0.00000280. The Kier molecular flexibility index (Phi) is 14.2. The van der Waals surface area contributed by atoms with Crippen LogP contribution in [0.2, 0.25) is 0 Å². The zero-order valence-electron chi connectivity index (χ0n) is 22.1. The van der Waals surface area contributed by atoms with Crippen LogP contribution >= 0.6 is 24.8 Å². The van der Waals surface area contributed by atoms with Crippen molar-refractivity contribution in [2.24, 2.45) is 5.73 Å². The quantitative estimate of drug-likeness (QED) is 0.192. The van der Waals surface area contributed by atoms with E-state index in [1.807, 2.05) is 91.0 Å². The Morgan fingerprint density at radius 1 is 0.675 bits per heavy atom. The Hall–Kier alpha value is -2.84. The molecule has 0 heterocycles. The summed E-state index contributed by atoms with van der Waals surface area (Å²) in [6, 6.07) is 32.2. The highest BCUT2D eigenvalue weighted by Crippen LogP contribution is 2.24. The molecule has 0 saturated carbocycles. The van der Waals surface area contributed by atoms with Gasteiger partial charge >= 0.3 is 0 Å². The lowest BCUT2D eigenvalue weighted by Crippen LogP contribution is -2.54. The van der Waals surface area contributed by atoms with Crippen molar-refractivity contribution in [3.63, 3.8) is 0 Å². The highest BCUT2D eigenvalue weighted by atomic mass is 35.5. The Morgan fingerprint density at radius 2 is 1.12 bits per heavy atom. The van der Waals surface area contributed by atoms with Gasteiger partial charge in [-0.1, -0.05) is 91.0 Å². The van der Waals surface area contributed by atoms with Crippen LogP contribution in [0.1, 0.15) is 22.3 Å². The molecule has 40 heavy (non-hydrogen) atoms. The van der Waals surface area contributed by atoms with E-state index in [4.69, 9.17) is 10.5 Å². The number of aliphatic hydroxyl groups is 1. The highest BCUT2D eigenvalue weighted by Gasteiger charge is 2.33. The molecule has 3 N–H and O–H groups in total. The minimum absolute atomic E-state index is 0. The second kappa shape index (κ2) is 17.1. The molecule has 214 valence electrons. The lowest BCUT2D eigenvalue weighted by molar-refractivity contribution is -0.0509. The van der Waals surface area contributed by atoms with Gasteiger partial charge in [-0.05, 0) is 40.8 Å². The SMILES string of the molecule is Cl.Cl.N[C@H](CO)[C@H](OCc1ccccc1)[C@H](Cc1cc(F)cc(F)c1)N(Cc1ccccc1)Cc1ccccc1. The Labute approximate surface area is 247 Å². The van der Waals surface area contributed by atoms with Crippen molar-refractivity contribution in [1.29, 1.82) is 0 Å². The summed E-state index contributed by atoms with van der Waals surface area (Å²) in [4.78, 5) is 2.22. The van der Waals surface area contributed by atoms with Gasteiger partial charge < -0.3 is 15.6 Å². The molecule has 0 spiro atoms. The number of benzene rings is 4. The van der Waals surface area contributed by atoms with E-state index in [0.29, 0.717) is 18.7 Å². The predicted molar refractivity (Wildman–Crippen MR) is 161 cm³/mol. The summed E-state index contributed by atoms with van der Waals surface area (Å²) in [7, 11) is 0. The number of halogens is 4. The minimum atomic E-state index is -0.712. The first-order chi connectivity index (χ1) is 18.5. The number of hydrogen-bond acceptors (Lipinski definition) is 4. The first kappa shape index (κ1) is 33.4. The van der Waals surface area contributed by atoms with E-state index in [9.17, 15) is 13.9 Å². The number of ether oxygens (including phenoxy) is 1. The molecule has 4 rings (SSSR count). The van der Waals surface area contributed by atoms with Crippen LogP contribution in [-0.2, 0) is 30.9 Å². The van der Waals surface area contributed by atoms with E-state index < -0.39 is 29.8 Å². The van der Waals surface area contributed by atoms with Crippen LogP contribution in [0, 0.1) is 11.6 Å². The largest absolute Gasteiger partial charge is 0.395 e. The van der Waals surface area contributed by atoms with Crippen LogP contribution in [0.4, 0.5) is 8.78 Å². The van der Waals surface area contributed by atoms with Gasteiger partial charge in [0.05, 0.1) is 25.4 Å². The van der Waals surface area contributed by atoms with Crippen LogP contribution in [0.15, 0.2) is 109 Å². The van der Waals surface area contributed by atoms with Crippen LogP contribution in [0.5, 0.6) is 0 Å². The highest BCUT2D eigenvalue weighted by molar-refractivity contribution is 5.85. The first-order valence-corrected chi connectivity index (χ1v) is 12.8. The number of aliphatic hydroxyl groups excluding tert-OH is 1. The van der Waals surface area contributed by atoms with Crippen LogP contribution in [-0.4, -0.2) is 34.8 Å². The van der Waals surface area contributed by atoms with E-state index in [1.54, 1.807) is 0 Å². The van der Waals surface area contributed by atoms with Gasteiger partial charge in [-0.2, -0.15) is 0 Å². The van der Waals surface area contributed by atoms with Gasteiger partial charge in [0.15, 0.2) is 0 Å². The average Bonchev–Trinajstić information content (AvgIpc) is 2.93. The summed E-state index contributed by atoms with van der Waals surface area (Å²) in [6.45, 7) is 1.11. The molecular formula is C32H36Cl2F2N2O2. The second-order valence-corrected chi connectivity index (χ2v) is 9.53. The molecule has 0 aliphatic heterocycles. The lowest BCUT2D eigenvalue weighted by Gasteiger charge is -2.39. The molecule has 0 saturated heterocycles. The van der Waals surface area contributed by atoms with Crippen molar-refractivity contribution in [1.82, 2.24) is 4.90 Å². The zero-order chi connectivity index (χ0) is 26.7. The lowest BCUT2D eigenvalue weighted by atomic mass is 9.93. The second-order valence-electron chi connectivity index (χ2n) is 9.53. The molecule has 0 bridgehead atoms. The summed E-state index contributed by atoms with van der Waals surface area (Å²) in [5, 5.41) is 10.1. The van der Waals surface area contributed by atoms with Gasteiger partial charge in [0, 0.05) is 25.2 Å². The third-order valence-electron chi connectivity index (χ3n) is 6.59. The fourth-order valence-electron chi connectivity index (χ4n) is 4.74. The first-order valence-electron chi connectivity index (χ1n) is 12.8. The zero-order valence-corrected chi connectivity index (χ0v) is 23.7. The van der Waals surface area contributed by atoms with E-state index in [0.717, 1.165) is 22.8 Å². The number of hydrogen-bond donors (Lipinski definition) is 2. The van der Waals surface area contributed by atoms with Crippen molar-refractivity contribution in [2.75, 3.05) is 6.61 Å². The summed E-state index contributed by atoms with van der Waals surface area (Å²) in [6.07, 6.45) is -0.347. The third kappa shape index (κ3) is 9.97. The smallest absolute Gasteiger partial charge is 0.126 e. The van der Waals surface area contributed by atoms with Crippen LogP contribution in [0.25, 0.3) is 0 Å².